The molecule has 2 amide bonds. The number of halogens is 3. The second-order valence-electron chi connectivity index (χ2n) is 8.43. The number of hydrogen-bond donors (Lipinski definition) is 1. The van der Waals surface area contributed by atoms with E-state index in [0.717, 1.165) is 24.8 Å². The quantitative estimate of drug-likeness (QED) is 0.454. The highest BCUT2D eigenvalue weighted by atomic mass is 35.5. The highest BCUT2D eigenvalue weighted by Gasteiger charge is 2.33. The SMILES string of the molecule is C[C@@H]1CCCC[C@H]1NC(=O)[C@@H](c1ccc(Cl)cc1)N(CCc1ccc(Cl)cc1)C(=O)CCl. The van der Waals surface area contributed by atoms with Crippen molar-refractivity contribution in [3.05, 3.63) is 69.7 Å². The molecule has 0 unspecified atom stereocenters. The van der Waals surface area contributed by atoms with Crippen LogP contribution in [0.25, 0.3) is 0 Å². The minimum Gasteiger partial charge on any atom is -0.351 e. The summed E-state index contributed by atoms with van der Waals surface area (Å²) in [6.07, 6.45) is 4.91. The van der Waals surface area contributed by atoms with E-state index >= 15 is 0 Å². The van der Waals surface area contributed by atoms with Gasteiger partial charge in [0.1, 0.15) is 11.9 Å². The molecule has 1 aliphatic carbocycles. The Morgan fingerprint density at radius 1 is 1.00 bits per heavy atom. The summed E-state index contributed by atoms with van der Waals surface area (Å²) in [5.41, 5.74) is 1.74. The fraction of sp³-hybridized carbons (Fsp3) is 0.440. The van der Waals surface area contributed by atoms with Crippen molar-refractivity contribution in [3.8, 4) is 0 Å². The smallest absolute Gasteiger partial charge is 0.247 e. The first-order valence-electron chi connectivity index (χ1n) is 11.0. The summed E-state index contributed by atoms with van der Waals surface area (Å²) in [6.45, 7) is 2.53. The van der Waals surface area contributed by atoms with Crippen molar-refractivity contribution < 1.29 is 9.59 Å². The average Bonchev–Trinajstić information content (AvgIpc) is 2.79. The molecule has 3 atom stereocenters. The van der Waals surface area contributed by atoms with Gasteiger partial charge in [-0.15, -0.1) is 11.6 Å². The number of nitrogens with zero attached hydrogens (tertiary/aromatic N) is 1. The van der Waals surface area contributed by atoms with E-state index in [-0.39, 0.29) is 23.7 Å². The van der Waals surface area contributed by atoms with E-state index in [1.165, 1.54) is 6.42 Å². The average molecular weight is 496 g/mol. The van der Waals surface area contributed by atoms with Crippen molar-refractivity contribution in [2.45, 2.75) is 51.1 Å². The monoisotopic (exact) mass is 494 g/mol. The van der Waals surface area contributed by atoms with E-state index in [1.54, 1.807) is 29.2 Å². The Morgan fingerprint density at radius 2 is 1.59 bits per heavy atom. The number of hydrogen-bond acceptors (Lipinski definition) is 2. The lowest BCUT2D eigenvalue weighted by Gasteiger charge is -2.35. The van der Waals surface area contributed by atoms with Crippen LogP contribution in [0.4, 0.5) is 0 Å². The third kappa shape index (κ3) is 6.63. The van der Waals surface area contributed by atoms with Gasteiger partial charge in [0.05, 0.1) is 0 Å². The summed E-state index contributed by atoms with van der Waals surface area (Å²) in [4.78, 5) is 28.0. The van der Waals surface area contributed by atoms with Crippen LogP contribution in [0.1, 0.15) is 49.8 Å². The maximum atomic E-state index is 13.6. The number of benzene rings is 2. The first-order chi connectivity index (χ1) is 15.4. The number of carbonyl (C=O) groups excluding carboxylic acids is 2. The molecular weight excluding hydrogens is 467 g/mol. The van der Waals surface area contributed by atoms with E-state index in [1.807, 2.05) is 24.3 Å². The summed E-state index contributed by atoms with van der Waals surface area (Å²) >= 11 is 18.0. The number of amides is 2. The molecule has 0 aromatic heterocycles. The van der Waals surface area contributed by atoms with Crippen LogP contribution in [-0.2, 0) is 16.0 Å². The summed E-state index contributed by atoms with van der Waals surface area (Å²) in [7, 11) is 0. The first-order valence-corrected chi connectivity index (χ1v) is 12.3. The molecule has 0 saturated heterocycles. The standard InChI is InChI=1S/C25H29Cl3N2O2/c1-17-4-2-3-5-22(17)29-25(32)24(19-8-12-21(28)13-9-19)30(23(31)16-26)15-14-18-6-10-20(27)11-7-18/h6-13,17,22,24H,2-5,14-16H2,1H3,(H,29,32)/t17-,22-,24-/m1/s1. The zero-order chi connectivity index (χ0) is 23.1. The van der Waals surface area contributed by atoms with E-state index in [9.17, 15) is 9.59 Å². The van der Waals surface area contributed by atoms with Crippen LogP contribution in [0.5, 0.6) is 0 Å². The van der Waals surface area contributed by atoms with Gasteiger partial charge in [-0.05, 0) is 60.6 Å². The lowest BCUT2D eigenvalue weighted by Crippen LogP contribution is -2.49. The molecule has 3 rings (SSSR count). The van der Waals surface area contributed by atoms with Crippen LogP contribution < -0.4 is 5.32 Å². The van der Waals surface area contributed by atoms with Crippen molar-refractivity contribution in [2.75, 3.05) is 12.4 Å². The van der Waals surface area contributed by atoms with Crippen LogP contribution in [0.15, 0.2) is 48.5 Å². The number of nitrogens with one attached hydrogen (secondary N) is 1. The van der Waals surface area contributed by atoms with E-state index in [2.05, 4.69) is 12.2 Å². The molecule has 0 spiro atoms. The molecule has 32 heavy (non-hydrogen) atoms. The maximum absolute atomic E-state index is 13.6. The molecule has 1 N–H and O–H groups in total. The Kier molecular flexibility index (Phi) is 9.27. The number of alkyl halides is 1. The van der Waals surface area contributed by atoms with Gasteiger partial charge in [0.15, 0.2) is 0 Å². The Balaban J connectivity index is 1.87. The summed E-state index contributed by atoms with van der Waals surface area (Å²) < 4.78 is 0. The molecule has 0 heterocycles. The van der Waals surface area contributed by atoms with Gasteiger partial charge in [0, 0.05) is 22.6 Å². The Morgan fingerprint density at radius 3 is 2.19 bits per heavy atom. The molecule has 2 aromatic rings. The van der Waals surface area contributed by atoms with Gasteiger partial charge in [-0.3, -0.25) is 9.59 Å². The zero-order valence-electron chi connectivity index (χ0n) is 18.2. The summed E-state index contributed by atoms with van der Waals surface area (Å²) in [6, 6.07) is 13.9. The van der Waals surface area contributed by atoms with Crippen LogP contribution in [0, 0.1) is 5.92 Å². The molecule has 0 radical (unpaired) electrons. The molecule has 7 heteroatoms. The van der Waals surface area contributed by atoms with E-state index < -0.39 is 6.04 Å². The highest BCUT2D eigenvalue weighted by Crippen LogP contribution is 2.28. The number of rotatable bonds is 8. The second kappa shape index (κ2) is 11.9. The predicted octanol–water partition coefficient (Wildman–Crippen LogP) is 6.04. The molecule has 172 valence electrons. The predicted molar refractivity (Wildman–Crippen MR) is 131 cm³/mol. The first kappa shape index (κ1) is 24.9. The lowest BCUT2D eigenvalue weighted by molar-refractivity contribution is -0.139. The molecule has 1 aliphatic rings. The fourth-order valence-corrected chi connectivity index (χ4v) is 4.69. The minimum absolute atomic E-state index is 0.107. The van der Waals surface area contributed by atoms with Gasteiger partial charge in [-0.2, -0.15) is 0 Å². The van der Waals surface area contributed by atoms with Crippen molar-refractivity contribution in [1.82, 2.24) is 10.2 Å². The molecular formula is C25H29Cl3N2O2. The van der Waals surface area contributed by atoms with Crippen molar-refractivity contribution in [3.63, 3.8) is 0 Å². The van der Waals surface area contributed by atoms with Gasteiger partial charge < -0.3 is 10.2 Å². The lowest BCUT2D eigenvalue weighted by atomic mass is 9.85. The van der Waals surface area contributed by atoms with Crippen LogP contribution in [0.2, 0.25) is 10.0 Å². The third-order valence-electron chi connectivity index (χ3n) is 6.17. The largest absolute Gasteiger partial charge is 0.351 e. The van der Waals surface area contributed by atoms with Gasteiger partial charge in [0.25, 0.3) is 0 Å². The summed E-state index contributed by atoms with van der Waals surface area (Å²) in [5, 5.41) is 4.45. The second-order valence-corrected chi connectivity index (χ2v) is 9.57. The Hall–Kier alpha value is -1.75. The van der Waals surface area contributed by atoms with Crippen molar-refractivity contribution >= 4 is 46.6 Å². The molecule has 1 saturated carbocycles. The van der Waals surface area contributed by atoms with Crippen LogP contribution in [-0.4, -0.2) is 35.2 Å². The molecule has 0 bridgehead atoms. The van der Waals surface area contributed by atoms with Crippen LogP contribution in [0.3, 0.4) is 0 Å². The van der Waals surface area contributed by atoms with Gasteiger partial charge >= 0.3 is 0 Å². The van der Waals surface area contributed by atoms with Crippen molar-refractivity contribution in [1.29, 1.82) is 0 Å². The van der Waals surface area contributed by atoms with Gasteiger partial charge in [-0.1, -0.05) is 67.2 Å². The zero-order valence-corrected chi connectivity index (χ0v) is 20.5. The van der Waals surface area contributed by atoms with E-state index in [4.69, 9.17) is 34.8 Å². The van der Waals surface area contributed by atoms with Crippen molar-refractivity contribution in [2.24, 2.45) is 5.92 Å². The molecule has 2 aromatic carbocycles. The molecule has 1 fully saturated rings. The highest BCUT2D eigenvalue weighted by molar-refractivity contribution is 6.30. The number of carbonyl (C=O) groups is 2. The maximum Gasteiger partial charge on any atom is 0.247 e. The topological polar surface area (TPSA) is 49.4 Å². The Labute approximate surface area is 205 Å². The third-order valence-corrected chi connectivity index (χ3v) is 6.91. The summed E-state index contributed by atoms with van der Waals surface area (Å²) in [5.74, 6) is -0.254. The minimum atomic E-state index is -0.778. The molecule has 0 aliphatic heterocycles. The molecule has 4 nitrogen and oxygen atoms in total. The van der Waals surface area contributed by atoms with E-state index in [0.29, 0.717) is 34.5 Å². The Bertz CT molecular complexity index is 902. The normalized spacial score (nSPS) is 19.2. The fourth-order valence-electron chi connectivity index (χ4n) is 4.29. The van der Waals surface area contributed by atoms with Crippen LogP contribution >= 0.6 is 34.8 Å². The van der Waals surface area contributed by atoms with Gasteiger partial charge in [-0.25, -0.2) is 0 Å². The van der Waals surface area contributed by atoms with Gasteiger partial charge in [0.2, 0.25) is 11.8 Å².